The molecule has 0 unspecified atom stereocenters. The largest absolute Gasteiger partial charge is 0.495 e. The van der Waals surface area contributed by atoms with Crippen molar-refractivity contribution in [1.82, 2.24) is 0 Å². The number of benzene rings is 2. The zero-order chi connectivity index (χ0) is 21.5. The van der Waals surface area contributed by atoms with Gasteiger partial charge >= 0.3 is 5.97 Å². The summed E-state index contributed by atoms with van der Waals surface area (Å²) >= 11 is 0. The van der Waals surface area contributed by atoms with Crippen molar-refractivity contribution in [3.63, 3.8) is 0 Å². The molecule has 158 valence electrons. The zero-order valence-corrected chi connectivity index (χ0v) is 17.3. The van der Waals surface area contributed by atoms with Gasteiger partial charge in [0.25, 0.3) is 5.91 Å². The number of amides is 1. The van der Waals surface area contributed by atoms with Crippen LogP contribution < -0.4 is 10.1 Å². The maximum Gasteiger partial charge on any atom is 0.310 e. The Hall–Kier alpha value is -3.07. The molecule has 9 heteroatoms. The molecule has 1 amide bonds. The molecule has 1 fully saturated rings. The highest BCUT2D eigenvalue weighted by atomic mass is 32.2. The number of hydrogen-bond acceptors (Lipinski definition) is 7. The number of carbonyl (C=O) groups is 2. The van der Waals surface area contributed by atoms with E-state index in [1.54, 1.807) is 12.1 Å². The summed E-state index contributed by atoms with van der Waals surface area (Å²) in [4.78, 5) is 24.8. The van der Waals surface area contributed by atoms with Gasteiger partial charge in [0, 0.05) is 16.8 Å². The van der Waals surface area contributed by atoms with Gasteiger partial charge in [-0.25, -0.2) is 8.42 Å². The highest BCUT2D eigenvalue weighted by Gasteiger charge is 2.35. The predicted octanol–water partition coefficient (Wildman–Crippen LogP) is 2.90. The third-order valence-corrected chi connectivity index (χ3v) is 6.95. The minimum Gasteiger partial charge on any atom is -0.495 e. The van der Waals surface area contributed by atoms with Gasteiger partial charge in [-0.2, -0.15) is 0 Å². The van der Waals surface area contributed by atoms with Crippen molar-refractivity contribution in [2.45, 2.75) is 19.4 Å². The molecule has 1 aliphatic rings. The number of furan rings is 1. The van der Waals surface area contributed by atoms with Gasteiger partial charge in [-0.05, 0) is 25.5 Å². The number of nitrogens with one attached hydrogen (secondary N) is 1. The number of carbonyl (C=O) groups excluding carboxylic acids is 2. The summed E-state index contributed by atoms with van der Waals surface area (Å²) in [5.41, 5.74) is 1.67. The van der Waals surface area contributed by atoms with Crippen molar-refractivity contribution in [2.75, 3.05) is 23.9 Å². The lowest BCUT2D eigenvalue weighted by molar-refractivity contribution is -0.156. The second-order valence-electron chi connectivity index (χ2n) is 7.32. The van der Waals surface area contributed by atoms with E-state index in [0.717, 1.165) is 10.8 Å². The van der Waals surface area contributed by atoms with Crippen molar-refractivity contribution in [2.24, 2.45) is 5.92 Å². The van der Waals surface area contributed by atoms with Crippen LogP contribution in [0.15, 0.2) is 40.8 Å². The Labute approximate surface area is 173 Å². The molecular weight excluding hydrogens is 410 g/mol. The Bertz CT molecular complexity index is 1240. The summed E-state index contributed by atoms with van der Waals surface area (Å²) in [6.45, 7) is 1.43. The van der Waals surface area contributed by atoms with Crippen LogP contribution >= 0.6 is 0 Å². The average molecular weight is 431 g/mol. The van der Waals surface area contributed by atoms with E-state index in [1.807, 2.05) is 24.3 Å². The summed E-state index contributed by atoms with van der Waals surface area (Å²) in [5, 5.41) is 4.47. The Morgan fingerprint density at radius 1 is 1.17 bits per heavy atom. The first-order valence-electron chi connectivity index (χ1n) is 9.48. The minimum atomic E-state index is -3.21. The normalized spacial score (nSPS) is 18.9. The summed E-state index contributed by atoms with van der Waals surface area (Å²) in [6, 6.07) is 11.0. The first kappa shape index (κ1) is 20.2. The molecule has 2 aromatic carbocycles. The number of hydrogen-bond donors (Lipinski definition) is 1. The Morgan fingerprint density at radius 3 is 2.63 bits per heavy atom. The number of anilines is 1. The van der Waals surface area contributed by atoms with E-state index in [-0.39, 0.29) is 17.9 Å². The standard InChI is InChI=1S/C21H21NO7S/c1-12(28-21(24)13-7-8-30(25,26)11-13)20(23)22-16-10-18-15(9-19(16)27-2)14-5-3-4-6-17(14)29-18/h3-6,9-10,12-13H,7-8,11H2,1-2H3,(H,22,23)/t12-,13+/m1/s1. The molecule has 1 aliphatic heterocycles. The fraction of sp³-hybridized carbons (Fsp3) is 0.333. The van der Waals surface area contributed by atoms with Crippen LogP contribution in [0, 0.1) is 5.92 Å². The lowest BCUT2D eigenvalue weighted by Gasteiger charge is -2.16. The van der Waals surface area contributed by atoms with Crippen molar-refractivity contribution in [3.8, 4) is 5.75 Å². The number of fused-ring (bicyclic) bond motifs is 3. The smallest absolute Gasteiger partial charge is 0.310 e. The first-order valence-corrected chi connectivity index (χ1v) is 11.3. The van der Waals surface area contributed by atoms with Crippen LogP contribution in [0.25, 0.3) is 21.9 Å². The quantitative estimate of drug-likeness (QED) is 0.618. The van der Waals surface area contributed by atoms with E-state index in [2.05, 4.69) is 5.32 Å². The lowest BCUT2D eigenvalue weighted by atomic mass is 10.1. The topological polar surface area (TPSA) is 112 Å². The van der Waals surface area contributed by atoms with Crippen LogP contribution in [0.1, 0.15) is 13.3 Å². The second-order valence-corrected chi connectivity index (χ2v) is 9.54. The third kappa shape index (κ3) is 3.85. The average Bonchev–Trinajstić information content (AvgIpc) is 3.26. The van der Waals surface area contributed by atoms with Crippen molar-refractivity contribution in [3.05, 3.63) is 36.4 Å². The molecule has 0 aliphatic carbocycles. The molecule has 0 spiro atoms. The molecule has 4 rings (SSSR count). The van der Waals surface area contributed by atoms with Crippen LogP contribution in [0.4, 0.5) is 5.69 Å². The van der Waals surface area contributed by atoms with E-state index >= 15 is 0 Å². The highest BCUT2D eigenvalue weighted by Crippen LogP contribution is 2.36. The Morgan fingerprint density at radius 2 is 1.93 bits per heavy atom. The lowest BCUT2D eigenvalue weighted by Crippen LogP contribution is -2.32. The molecule has 2 heterocycles. The van der Waals surface area contributed by atoms with Crippen molar-refractivity contribution in [1.29, 1.82) is 0 Å². The molecule has 0 radical (unpaired) electrons. The van der Waals surface area contributed by atoms with Crippen LogP contribution in [-0.2, 0) is 24.2 Å². The van der Waals surface area contributed by atoms with Gasteiger partial charge in [-0.3, -0.25) is 9.59 Å². The van der Waals surface area contributed by atoms with E-state index in [9.17, 15) is 18.0 Å². The van der Waals surface area contributed by atoms with Crippen LogP contribution in [0.5, 0.6) is 5.75 Å². The molecular formula is C21H21NO7S. The van der Waals surface area contributed by atoms with Gasteiger partial charge < -0.3 is 19.2 Å². The summed E-state index contributed by atoms with van der Waals surface area (Å²) in [6.07, 6.45) is -0.886. The number of esters is 1. The SMILES string of the molecule is COc1cc2c(cc1NC(=O)[C@@H](C)OC(=O)[C@H]1CCS(=O)(=O)C1)oc1ccccc12. The Balaban J connectivity index is 1.52. The van der Waals surface area contributed by atoms with Gasteiger partial charge in [0.15, 0.2) is 15.9 Å². The van der Waals surface area contributed by atoms with E-state index in [0.29, 0.717) is 22.6 Å². The van der Waals surface area contributed by atoms with Gasteiger partial charge in [0.1, 0.15) is 16.9 Å². The highest BCUT2D eigenvalue weighted by molar-refractivity contribution is 7.91. The number of methoxy groups -OCH3 is 1. The number of para-hydroxylation sites is 1. The van der Waals surface area contributed by atoms with Gasteiger partial charge in [-0.1, -0.05) is 18.2 Å². The maximum absolute atomic E-state index is 12.6. The molecule has 30 heavy (non-hydrogen) atoms. The second kappa shape index (κ2) is 7.64. The van der Waals surface area contributed by atoms with Crippen molar-refractivity contribution < 1.29 is 31.9 Å². The first-order chi connectivity index (χ1) is 14.3. The van der Waals surface area contributed by atoms with E-state index in [4.69, 9.17) is 13.9 Å². The Kier molecular flexibility index (Phi) is 5.15. The summed E-state index contributed by atoms with van der Waals surface area (Å²) < 4.78 is 39.5. The molecule has 0 saturated carbocycles. The van der Waals surface area contributed by atoms with Crippen LogP contribution in [0.2, 0.25) is 0 Å². The predicted molar refractivity (Wildman–Crippen MR) is 111 cm³/mol. The van der Waals surface area contributed by atoms with Gasteiger partial charge in [0.05, 0.1) is 30.2 Å². The van der Waals surface area contributed by atoms with Crippen LogP contribution in [0.3, 0.4) is 0 Å². The minimum absolute atomic E-state index is 0.0396. The van der Waals surface area contributed by atoms with Crippen LogP contribution in [-0.4, -0.2) is 45.0 Å². The van der Waals surface area contributed by atoms with Gasteiger partial charge in [-0.15, -0.1) is 0 Å². The zero-order valence-electron chi connectivity index (χ0n) is 16.5. The fourth-order valence-corrected chi connectivity index (χ4v) is 5.28. The van der Waals surface area contributed by atoms with E-state index in [1.165, 1.54) is 14.0 Å². The number of ether oxygens (including phenoxy) is 2. The molecule has 1 aromatic heterocycles. The molecule has 3 aromatic rings. The summed E-state index contributed by atoms with van der Waals surface area (Å²) in [7, 11) is -1.73. The fourth-order valence-electron chi connectivity index (χ4n) is 3.56. The maximum atomic E-state index is 12.6. The third-order valence-electron chi connectivity index (χ3n) is 5.18. The molecule has 8 nitrogen and oxygen atoms in total. The molecule has 1 saturated heterocycles. The molecule has 2 atom stereocenters. The molecule has 0 bridgehead atoms. The van der Waals surface area contributed by atoms with E-state index < -0.39 is 33.7 Å². The monoisotopic (exact) mass is 431 g/mol. The number of sulfone groups is 1. The van der Waals surface area contributed by atoms with Crippen molar-refractivity contribution >= 4 is 49.3 Å². The molecule has 1 N–H and O–H groups in total. The number of rotatable bonds is 5. The summed E-state index contributed by atoms with van der Waals surface area (Å²) in [5.74, 6) is -1.82. The van der Waals surface area contributed by atoms with Gasteiger partial charge in [0.2, 0.25) is 0 Å².